The number of benzene rings is 1. The zero-order valence-electron chi connectivity index (χ0n) is 9.91. The first kappa shape index (κ1) is 13.3. The molecule has 1 aromatic carbocycles. The molecule has 1 heterocycles. The lowest BCUT2D eigenvalue weighted by molar-refractivity contribution is -0.142. The third-order valence-electron chi connectivity index (χ3n) is 2.59. The number of anilines is 1. The van der Waals surface area contributed by atoms with Crippen LogP contribution in [0.25, 0.3) is 0 Å². The van der Waals surface area contributed by atoms with Crippen molar-refractivity contribution in [1.29, 1.82) is 0 Å². The lowest BCUT2D eigenvalue weighted by Crippen LogP contribution is -2.46. The Morgan fingerprint density at radius 2 is 2.17 bits per heavy atom. The molecule has 1 aromatic rings. The van der Waals surface area contributed by atoms with Gasteiger partial charge in [-0.2, -0.15) is 0 Å². The van der Waals surface area contributed by atoms with Crippen molar-refractivity contribution in [3.63, 3.8) is 0 Å². The van der Waals surface area contributed by atoms with E-state index >= 15 is 0 Å². The summed E-state index contributed by atoms with van der Waals surface area (Å²) in [4.78, 5) is 13.6. The van der Waals surface area contributed by atoms with Crippen LogP contribution in [0.5, 0.6) is 0 Å². The standard InChI is InChI=1S/C12H14N2O2S2/c1-2-16-11(15)9-10(13)14(12(17)18-9)8-6-4-3-5-7-8/h3-7,9-10H,2,13H2,1H3/t9-,10+/m1/s1. The summed E-state index contributed by atoms with van der Waals surface area (Å²) in [6, 6.07) is 9.57. The topological polar surface area (TPSA) is 55.6 Å². The van der Waals surface area contributed by atoms with E-state index in [-0.39, 0.29) is 5.97 Å². The quantitative estimate of drug-likeness (QED) is 0.673. The van der Waals surface area contributed by atoms with Gasteiger partial charge < -0.3 is 15.4 Å². The number of nitrogens with zero attached hydrogens (tertiary/aromatic N) is 1. The van der Waals surface area contributed by atoms with Gasteiger partial charge in [-0.15, -0.1) is 0 Å². The largest absolute Gasteiger partial charge is 0.465 e. The van der Waals surface area contributed by atoms with Crippen molar-refractivity contribution >= 4 is 40.0 Å². The van der Waals surface area contributed by atoms with Crippen LogP contribution in [0.15, 0.2) is 30.3 Å². The molecule has 18 heavy (non-hydrogen) atoms. The summed E-state index contributed by atoms with van der Waals surface area (Å²) in [5.74, 6) is -0.309. The molecule has 1 fully saturated rings. The Labute approximate surface area is 115 Å². The molecule has 0 amide bonds. The molecular formula is C12H14N2O2S2. The fourth-order valence-corrected chi connectivity index (χ4v) is 3.29. The molecule has 0 spiro atoms. The molecule has 1 aliphatic rings. The van der Waals surface area contributed by atoms with E-state index in [0.717, 1.165) is 5.69 Å². The first-order valence-electron chi connectivity index (χ1n) is 5.62. The van der Waals surface area contributed by atoms with Crippen molar-refractivity contribution in [1.82, 2.24) is 0 Å². The van der Waals surface area contributed by atoms with Crippen LogP contribution >= 0.6 is 24.0 Å². The molecule has 4 nitrogen and oxygen atoms in total. The minimum Gasteiger partial charge on any atom is -0.465 e. The molecule has 0 aliphatic carbocycles. The second-order valence-electron chi connectivity index (χ2n) is 3.75. The molecule has 1 saturated heterocycles. The van der Waals surface area contributed by atoms with Crippen LogP contribution in [0.2, 0.25) is 0 Å². The van der Waals surface area contributed by atoms with Gasteiger partial charge in [0.25, 0.3) is 0 Å². The molecule has 0 aromatic heterocycles. The van der Waals surface area contributed by atoms with E-state index in [0.29, 0.717) is 10.9 Å². The summed E-state index contributed by atoms with van der Waals surface area (Å²) >= 11 is 6.56. The van der Waals surface area contributed by atoms with Gasteiger partial charge in [0.2, 0.25) is 0 Å². The third-order valence-corrected chi connectivity index (χ3v) is 4.20. The highest BCUT2D eigenvalue weighted by Crippen LogP contribution is 2.34. The summed E-state index contributed by atoms with van der Waals surface area (Å²) in [5.41, 5.74) is 6.99. The number of hydrogen-bond acceptors (Lipinski definition) is 5. The van der Waals surface area contributed by atoms with E-state index < -0.39 is 11.4 Å². The van der Waals surface area contributed by atoms with Crippen molar-refractivity contribution in [3.05, 3.63) is 30.3 Å². The normalized spacial score (nSPS) is 23.2. The van der Waals surface area contributed by atoms with Gasteiger partial charge in [-0.25, -0.2) is 0 Å². The van der Waals surface area contributed by atoms with Gasteiger partial charge >= 0.3 is 5.97 Å². The number of esters is 1. The van der Waals surface area contributed by atoms with Crippen LogP contribution < -0.4 is 10.6 Å². The predicted molar refractivity (Wildman–Crippen MR) is 77.5 cm³/mol. The fraction of sp³-hybridized carbons (Fsp3) is 0.333. The predicted octanol–water partition coefficient (Wildman–Crippen LogP) is 1.74. The molecule has 2 rings (SSSR count). The number of hydrogen-bond donors (Lipinski definition) is 1. The maximum atomic E-state index is 11.8. The average Bonchev–Trinajstić information content (AvgIpc) is 2.66. The van der Waals surface area contributed by atoms with E-state index in [1.807, 2.05) is 30.3 Å². The van der Waals surface area contributed by atoms with Crippen molar-refractivity contribution in [2.75, 3.05) is 11.5 Å². The van der Waals surface area contributed by atoms with Gasteiger partial charge in [-0.1, -0.05) is 42.2 Å². The summed E-state index contributed by atoms with van der Waals surface area (Å²) < 4.78 is 5.61. The maximum absolute atomic E-state index is 11.8. The number of carbonyl (C=O) groups excluding carboxylic acids is 1. The first-order valence-corrected chi connectivity index (χ1v) is 6.91. The molecule has 0 bridgehead atoms. The first-order chi connectivity index (χ1) is 8.65. The van der Waals surface area contributed by atoms with Crippen molar-refractivity contribution in [2.24, 2.45) is 5.73 Å². The number of carbonyl (C=O) groups is 1. The van der Waals surface area contributed by atoms with Gasteiger partial charge in [-0.05, 0) is 19.1 Å². The van der Waals surface area contributed by atoms with Crippen LogP contribution in [0.4, 0.5) is 5.69 Å². The lowest BCUT2D eigenvalue weighted by Gasteiger charge is -2.23. The number of ether oxygens (including phenoxy) is 1. The number of thiocarbonyl (C=S) groups is 1. The van der Waals surface area contributed by atoms with Crippen LogP contribution in [-0.4, -0.2) is 28.3 Å². The van der Waals surface area contributed by atoms with E-state index in [1.54, 1.807) is 11.8 Å². The fourth-order valence-electron chi connectivity index (χ4n) is 1.77. The van der Waals surface area contributed by atoms with E-state index in [1.165, 1.54) is 11.8 Å². The Morgan fingerprint density at radius 3 is 2.78 bits per heavy atom. The lowest BCUT2D eigenvalue weighted by atomic mass is 10.2. The summed E-state index contributed by atoms with van der Waals surface area (Å²) in [6.45, 7) is 2.12. The van der Waals surface area contributed by atoms with Gasteiger partial charge in [0.15, 0.2) is 0 Å². The van der Waals surface area contributed by atoms with Crippen molar-refractivity contribution < 1.29 is 9.53 Å². The molecule has 0 radical (unpaired) electrons. The zero-order valence-corrected chi connectivity index (χ0v) is 11.5. The van der Waals surface area contributed by atoms with E-state index in [2.05, 4.69) is 0 Å². The molecule has 2 N–H and O–H groups in total. The minimum atomic E-state index is -0.482. The highest BCUT2D eigenvalue weighted by molar-refractivity contribution is 8.24. The molecule has 0 saturated carbocycles. The number of rotatable bonds is 3. The summed E-state index contributed by atoms with van der Waals surface area (Å²) in [5, 5.41) is -0.461. The number of thioether (sulfide) groups is 1. The van der Waals surface area contributed by atoms with Gasteiger partial charge in [0.1, 0.15) is 15.7 Å². The highest BCUT2D eigenvalue weighted by atomic mass is 32.2. The number of nitrogens with two attached hydrogens (primary N) is 1. The highest BCUT2D eigenvalue weighted by Gasteiger charge is 2.41. The smallest absolute Gasteiger partial charge is 0.323 e. The summed E-state index contributed by atoms with van der Waals surface area (Å²) in [7, 11) is 0. The monoisotopic (exact) mass is 282 g/mol. The van der Waals surface area contributed by atoms with Crippen LogP contribution in [-0.2, 0) is 9.53 Å². The minimum absolute atomic E-state index is 0.309. The zero-order chi connectivity index (χ0) is 13.1. The van der Waals surface area contributed by atoms with Gasteiger partial charge in [0.05, 0.1) is 6.61 Å². The van der Waals surface area contributed by atoms with Gasteiger partial charge in [-0.3, -0.25) is 4.79 Å². The molecule has 6 heteroatoms. The molecule has 1 aliphatic heterocycles. The van der Waals surface area contributed by atoms with Crippen LogP contribution in [0, 0.1) is 0 Å². The molecule has 0 unspecified atom stereocenters. The Balaban J connectivity index is 2.20. The average molecular weight is 282 g/mol. The van der Waals surface area contributed by atoms with Gasteiger partial charge in [0, 0.05) is 5.69 Å². The number of para-hydroxylation sites is 1. The third kappa shape index (κ3) is 2.50. The molecular weight excluding hydrogens is 268 g/mol. The summed E-state index contributed by atoms with van der Waals surface area (Å²) in [6.07, 6.45) is -0.482. The molecule has 2 atom stereocenters. The second-order valence-corrected chi connectivity index (χ2v) is 5.53. The Morgan fingerprint density at radius 1 is 1.50 bits per heavy atom. The Hall–Kier alpha value is -1.11. The SMILES string of the molecule is CCOC(=O)[C@@H]1SC(=S)N(c2ccccc2)[C@@H]1N. The van der Waals surface area contributed by atoms with Crippen molar-refractivity contribution in [3.8, 4) is 0 Å². The Kier molecular flexibility index (Phi) is 4.21. The van der Waals surface area contributed by atoms with E-state index in [4.69, 9.17) is 22.7 Å². The van der Waals surface area contributed by atoms with E-state index in [9.17, 15) is 4.79 Å². The second kappa shape index (κ2) is 5.69. The molecule has 96 valence electrons. The maximum Gasteiger partial charge on any atom is 0.323 e. The Bertz CT molecular complexity index is 453. The van der Waals surface area contributed by atoms with Crippen LogP contribution in [0.1, 0.15) is 6.92 Å². The van der Waals surface area contributed by atoms with Crippen molar-refractivity contribution in [2.45, 2.75) is 18.3 Å². The van der Waals surface area contributed by atoms with Crippen LogP contribution in [0.3, 0.4) is 0 Å².